The maximum Gasteiger partial charge on any atom is 0.338 e. The molecule has 0 aliphatic carbocycles. The molecule has 0 spiro atoms. The summed E-state index contributed by atoms with van der Waals surface area (Å²) in [5.74, 6) is -1.23. The summed E-state index contributed by atoms with van der Waals surface area (Å²) in [6, 6.07) is 13.7. The lowest BCUT2D eigenvalue weighted by Crippen LogP contribution is -2.32. The highest BCUT2D eigenvalue weighted by Gasteiger charge is 2.39. The van der Waals surface area contributed by atoms with E-state index in [1.807, 2.05) is 31.2 Å². The Morgan fingerprint density at radius 1 is 1.03 bits per heavy atom. The summed E-state index contributed by atoms with van der Waals surface area (Å²) in [5.41, 5.74) is 2.51. The number of amides is 2. The molecule has 162 valence electrons. The first-order valence-corrected chi connectivity index (χ1v) is 10.6. The van der Waals surface area contributed by atoms with Gasteiger partial charge < -0.3 is 10.1 Å². The minimum absolute atomic E-state index is 0.0204. The predicted octanol–water partition coefficient (Wildman–Crippen LogP) is 5.20. The lowest BCUT2D eigenvalue weighted by atomic mass is 10.0. The number of nitrogens with one attached hydrogen (secondary N) is 1. The van der Waals surface area contributed by atoms with Gasteiger partial charge in [0.05, 0.1) is 17.9 Å². The highest BCUT2D eigenvalue weighted by molar-refractivity contribution is 6.53. The van der Waals surface area contributed by atoms with E-state index >= 15 is 0 Å². The first-order chi connectivity index (χ1) is 14.8. The molecule has 3 rings (SSSR count). The zero-order chi connectivity index (χ0) is 22.5. The van der Waals surface area contributed by atoms with Crippen LogP contribution in [0, 0.1) is 0 Å². The van der Waals surface area contributed by atoms with Gasteiger partial charge in [0.2, 0.25) is 0 Å². The fraction of sp³-hybridized carbons (Fsp3) is 0.292. The predicted molar refractivity (Wildman–Crippen MR) is 121 cm³/mol. The minimum Gasteiger partial charge on any atom is -0.462 e. The number of unbranched alkanes of at least 4 members (excludes halogenated alkanes) is 1. The van der Waals surface area contributed by atoms with Crippen molar-refractivity contribution in [1.29, 1.82) is 0 Å². The smallest absolute Gasteiger partial charge is 0.338 e. The monoisotopic (exact) mass is 440 g/mol. The van der Waals surface area contributed by atoms with E-state index in [2.05, 4.69) is 19.2 Å². The van der Waals surface area contributed by atoms with Crippen LogP contribution in [0.25, 0.3) is 0 Å². The molecule has 2 amide bonds. The Kier molecular flexibility index (Phi) is 7.13. The van der Waals surface area contributed by atoms with Crippen LogP contribution in [-0.4, -0.2) is 24.4 Å². The average molecular weight is 441 g/mol. The van der Waals surface area contributed by atoms with Gasteiger partial charge in [-0.2, -0.15) is 0 Å². The highest BCUT2D eigenvalue weighted by atomic mass is 35.5. The van der Waals surface area contributed by atoms with Crippen LogP contribution in [0.15, 0.2) is 59.3 Å². The summed E-state index contributed by atoms with van der Waals surface area (Å²) in [4.78, 5) is 38.6. The van der Waals surface area contributed by atoms with E-state index in [9.17, 15) is 14.4 Å². The lowest BCUT2D eigenvalue weighted by molar-refractivity contribution is -0.120. The normalized spacial score (nSPS) is 13.9. The molecule has 0 fully saturated rings. The molecule has 6 nitrogen and oxygen atoms in total. The Hall–Kier alpha value is -3.12. The van der Waals surface area contributed by atoms with Crippen LogP contribution in [0.2, 0.25) is 0 Å². The number of nitrogens with zero attached hydrogens (tertiary/aromatic N) is 1. The second kappa shape index (κ2) is 9.79. The number of esters is 1. The summed E-state index contributed by atoms with van der Waals surface area (Å²) < 4.78 is 5.17. The maximum absolute atomic E-state index is 12.9. The molecule has 0 saturated carbocycles. The van der Waals surface area contributed by atoms with Crippen molar-refractivity contribution in [1.82, 2.24) is 0 Å². The first kappa shape index (κ1) is 22.6. The summed E-state index contributed by atoms with van der Waals surface area (Å²) in [5, 5.41) is 2.78. The number of hydrogen-bond acceptors (Lipinski definition) is 5. The zero-order valence-electron chi connectivity index (χ0n) is 17.8. The lowest BCUT2D eigenvalue weighted by Gasteiger charge is -2.15. The van der Waals surface area contributed by atoms with Crippen LogP contribution in [-0.2, 0) is 14.3 Å². The van der Waals surface area contributed by atoms with Crippen LogP contribution in [0.3, 0.4) is 0 Å². The third-order valence-corrected chi connectivity index (χ3v) is 5.32. The molecule has 0 saturated heterocycles. The van der Waals surface area contributed by atoms with Crippen molar-refractivity contribution in [3.8, 4) is 0 Å². The second-order valence-corrected chi connectivity index (χ2v) is 7.95. The molecule has 0 bridgehead atoms. The van der Waals surface area contributed by atoms with Crippen LogP contribution in [0.4, 0.5) is 11.4 Å². The highest BCUT2D eigenvalue weighted by Crippen LogP contribution is 2.30. The van der Waals surface area contributed by atoms with Crippen molar-refractivity contribution >= 4 is 40.8 Å². The van der Waals surface area contributed by atoms with Crippen molar-refractivity contribution in [3.63, 3.8) is 0 Å². The van der Waals surface area contributed by atoms with Crippen molar-refractivity contribution in [2.75, 3.05) is 16.8 Å². The van der Waals surface area contributed by atoms with Gasteiger partial charge in [0.15, 0.2) is 0 Å². The molecule has 0 unspecified atom stereocenters. The van der Waals surface area contributed by atoms with Crippen molar-refractivity contribution in [2.24, 2.45) is 0 Å². The molecule has 31 heavy (non-hydrogen) atoms. The first-order valence-electron chi connectivity index (χ1n) is 10.3. The van der Waals surface area contributed by atoms with Gasteiger partial charge in [-0.3, -0.25) is 9.59 Å². The van der Waals surface area contributed by atoms with Gasteiger partial charge in [-0.05, 0) is 54.3 Å². The molecule has 2 aromatic rings. The second-order valence-electron chi connectivity index (χ2n) is 7.57. The fourth-order valence-corrected chi connectivity index (χ4v) is 3.29. The van der Waals surface area contributed by atoms with E-state index < -0.39 is 17.8 Å². The third-order valence-electron chi connectivity index (χ3n) is 4.97. The number of hydrogen-bond donors (Lipinski definition) is 1. The molecule has 0 atom stereocenters. The van der Waals surface area contributed by atoms with Crippen molar-refractivity contribution in [3.05, 3.63) is 70.4 Å². The van der Waals surface area contributed by atoms with Gasteiger partial charge in [0, 0.05) is 5.69 Å². The topological polar surface area (TPSA) is 75.7 Å². The van der Waals surface area contributed by atoms with Gasteiger partial charge in [-0.15, -0.1) is 0 Å². The van der Waals surface area contributed by atoms with E-state index in [-0.39, 0.29) is 10.7 Å². The zero-order valence-corrected chi connectivity index (χ0v) is 18.5. The molecular formula is C24H25ClN2O4. The largest absolute Gasteiger partial charge is 0.462 e. The summed E-state index contributed by atoms with van der Waals surface area (Å²) in [7, 11) is 0. The van der Waals surface area contributed by atoms with E-state index in [1.54, 1.807) is 0 Å². The van der Waals surface area contributed by atoms with Crippen molar-refractivity contribution < 1.29 is 19.1 Å². The van der Waals surface area contributed by atoms with Crippen LogP contribution in [0.5, 0.6) is 0 Å². The number of benzene rings is 2. The Morgan fingerprint density at radius 2 is 1.68 bits per heavy atom. The van der Waals surface area contributed by atoms with Gasteiger partial charge in [0.25, 0.3) is 11.8 Å². The molecule has 1 aliphatic heterocycles. The van der Waals surface area contributed by atoms with Gasteiger partial charge >= 0.3 is 5.97 Å². The molecule has 1 N–H and O–H groups in total. The number of rotatable bonds is 8. The van der Waals surface area contributed by atoms with Crippen LogP contribution < -0.4 is 10.2 Å². The molecule has 7 heteroatoms. The van der Waals surface area contributed by atoms with E-state index in [1.165, 1.54) is 24.3 Å². The SMILES string of the molecule is CCCCOC(=O)c1ccc(N2C(=O)C(Cl)=C(Nc3ccc(C(C)C)cc3)C2=O)cc1. The summed E-state index contributed by atoms with van der Waals surface area (Å²) >= 11 is 6.18. The quantitative estimate of drug-likeness (QED) is 0.346. The molecule has 0 aromatic heterocycles. The van der Waals surface area contributed by atoms with Crippen molar-refractivity contribution in [2.45, 2.75) is 39.5 Å². The Labute approximate surface area is 186 Å². The molecular weight excluding hydrogens is 416 g/mol. The van der Waals surface area contributed by atoms with Crippen LogP contribution >= 0.6 is 11.6 Å². The van der Waals surface area contributed by atoms with Gasteiger partial charge in [0.1, 0.15) is 10.7 Å². The number of carbonyl (C=O) groups excluding carboxylic acids is 3. The fourth-order valence-electron chi connectivity index (χ4n) is 3.08. The van der Waals surface area contributed by atoms with Crippen LogP contribution in [0.1, 0.15) is 55.5 Å². The maximum atomic E-state index is 12.9. The number of anilines is 2. The molecule has 0 radical (unpaired) electrons. The van der Waals surface area contributed by atoms with E-state index in [0.717, 1.165) is 23.3 Å². The molecule has 1 heterocycles. The molecule has 2 aromatic carbocycles. The van der Waals surface area contributed by atoms with E-state index in [4.69, 9.17) is 16.3 Å². The average Bonchev–Trinajstić information content (AvgIpc) is 2.97. The third kappa shape index (κ3) is 4.97. The van der Waals surface area contributed by atoms with E-state index in [0.29, 0.717) is 29.5 Å². The number of ether oxygens (including phenoxy) is 1. The Bertz CT molecular complexity index is 1010. The Morgan fingerprint density at radius 3 is 2.26 bits per heavy atom. The van der Waals surface area contributed by atoms with Gasteiger partial charge in [-0.1, -0.05) is 50.9 Å². The van der Waals surface area contributed by atoms with Gasteiger partial charge in [-0.25, -0.2) is 9.69 Å². The number of imide groups is 1. The summed E-state index contributed by atoms with van der Waals surface area (Å²) in [6.07, 6.45) is 1.72. The Balaban J connectivity index is 1.73. The standard InChI is InChI=1S/C24H25ClN2O4/c1-4-5-14-31-24(30)17-8-12-19(13-9-17)27-22(28)20(25)21(23(27)29)26-18-10-6-16(7-11-18)15(2)3/h6-13,15,26H,4-5,14H2,1-3H3. The molecule has 1 aliphatic rings. The number of carbonyl (C=O) groups is 3. The summed E-state index contributed by atoms with van der Waals surface area (Å²) in [6.45, 7) is 6.55. The number of halogens is 1. The minimum atomic E-state index is -0.619.